The average Bonchev–Trinajstić information content (AvgIpc) is 3.11. The maximum atomic E-state index is 12.5. The average molecular weight is 421 g/mol. The van der Waals surface area contributed by atoms with Crippen molar-refractivity contribution in [1.82, 2.24) is 5.16 Å². The molecule has 0 radical (unpaired) electrons. The minimum Gasteiger partial charge on any atom is -0.489 e. The van der Waals surface area contributed by atoms with E-state index in [4.69, 9.17) is 20.9 Å². The molecule has 6 heteroatoms. The lowest BCUT2D eigenvalue weighted by Crippen LogP contribution is -2.14. The van der Waals surface area contributed by atoms with E-state index >= 15 is 0 Å². The first kappa shape index (κ1) is 20.0. The van der Waals surface area contributed by atoms with Gasteiger partial charge in [0.25, 0.3) is 0 Å². The van der Waals surface area contributed by atoms with Gasteiger partial charge in [0, 0.05) is 16.1 Å². The van der Waals surface area contributed by atoms with Crippen LogP contribution in [0.15, 0.2) is 65.2 Å². The van der Waals surface area contributed by atoms with Crippen LogP contribution in [0.3, 0.4) is 0 Å². The highest BCUT2D eigenvalue weighted by atomic mass is 35.5. The molecule has 0 fully saturated rings. The van der Waals surface area contributed by atoms with E-state index in [1.54, 1.807) is 0 Å². The van der Waals surface area contributed by atoms with E-state index in [9.17, 15) is 4.79 Å². The zero-order valence-corrected chi connectivity index (χ0v) is 17.5. The molecule has 0 atom stereocenters. The smallest absolute Gasteiger partial charge is 0.230 e. The fourth-order valence-electron chi connectivity index (χ4n) is 3.38. The third-order valence-electron chi connectivity index (χ3n) is 4.77. The molecule has 3 aromatic carbocycles. The van der Waals surface area contributed by atoms with Gasteiger partial charge in [-0.1, -0.05) is 35.0 Å². The first-order valence-corrected chi connectivity index (χ1v) is 9.98. The summed E-state index contributed by atoms with van der Waals surface area (Å²) in [6.45, 7) is 4.45. The van der Waals surface area contributed by atoms with Gasteiger partial charge >= 0.3 is 0 Å². The topological polar surface area (TPSA) is 64.4 Å². The van der Waals surface area contributed by atoms with Crippen molar-refractivity contribution in [2.75, 3.05) is 5.32 Å². The highest BCUT2D eigenvalue weighted by Crippen LogP contribution is 2.25. The first-order chi connectivity index (χ1) is 14.5. The molecule has 4 aromatic rings. The van der Waals surface area contributed by atoms with Crippen LogP contribution in [0.1, 0.15) is 22.4 Å². The summed E-state index contributed by atoms with van der Waals surface area (Å²) in [5.41, 5.74) is 5.23. The molecular formula is C24H21ClN2O3. The number of nitrogens with one attached hydrogen (secondary N) is 1. The number of ether oxygens (including phenoxy) is 1. The number of hydrogen-bond acceptors (Lipinski definition) is 4. The molecule has 1 amide bonds. The number of amides is 1. The molecule has 0 unspecified atom stereocenters. The van der Waals surface area contributed by atoms with Crippen LogP contribution in [0.5, 0.6) is 5.75 Å². The van der Waals surface area contributed by atoms with Gasteiger partial charge in [-0.25, -0.2) is 0 Å². The number of halogens is 1. The monoisotopic (exact) mass is 420 g/mol. The van der Waals surface area contributed by atoms with E-state index in [1.807, 2.05) is 68.4 Å². The zero-order valence-electron chi connectivity index (χ0n) is 16.7. The van der Waals surface area contributed by atoms with E-state index in [-0.39, 0.29) is 12.3 Å². The van der Waals surface area contributed by atoms with Crippen LogP contribution in [0.25, 0.3) is 11.0 Å². The molecule has 0 aliphatic carbocycles. The van der Waals surface area contributed by atoms with Crippen molar-refractivity contribution in [3.63, 3.8) is 0 Å². The molecule has 0 saturated heterocycles. The Balaban J connectivity index is 1.36. The summed E-state index contributed by atoms with van der Waals surface area (Å²) in [6.07, 6.45) is 0.145. The summed E-state index contributed by atoms with van der Waals surface area (Å²) in [4.78, 5) is 12.5. The van der Waals surface area contributed by atoms with Crippen molar-refractivity contribution >= 4 is 34.2 Å². The van der Waals surface area contributed by atoms with Gasteiger partial charge in [-0.05, 0) is 73.0 Å². The summed E-state index contributed by atoms with van der Waals surface area (Å²) in [6, 6.07) is 18.8. The Kier molecular flexibility index (Phi) is 5.72. The molecule has 1 aromatic heterocycles. The number of carbonyl (C=O) groups is 1. The minimum absolute atomic E-state index is 0.145. The molecule has 5 nitrogen and oxygen atoms in total. The quantitative estimate of drug-likeness (QED) is 0.424. The lowest BCUT2D eigenvalue weighted by molar-refractivity contribution is -0.115. The number of rotatable bonds is 6. The third kappa shape index (κ3) is 4.63. The van der Waals surface area contributed by atoms with Crippen LogP contribution in [0.2, 0.25) is 5.02 Å². The minimum atomic E-state index is -0.153. The maximum Gasteiger partial charge on any atom is 0.230 e. The molecule has 1 N–H and O–H groups in total. The second-order valence-corrected chi connectivity index (χ2v) is 7.69. The molecule has 30 heavy (non-hydrogen) atoms. The SMILES string of the molecule is Cc1cc(C)c2c(CC(=O)Nc3ccc(OCc4ccc(Cl)cc4)cc3)noc2c1. The molecule has 1 heterocycles. The van der Waals surface area contributed by atoms with Crippen molar-refractivity contribution in [3.05, 3.63) is 88.1 Å². The third-order valence-corrected chi connectivity index (χ3v) is 5.02. The van der Waals surface area contributed by atoms with Gasteiger partial charge in [-0.3, -0.25) is 4.79 Å². The predicted molar refractivity (Wildman–Crippen MR) is 118 cm³/mol. The van der Waals surface area contributed by atoms with Crippen LogP contribution < -0.4 is 10.1 Å². The van der Waals surface area contributed by atoms with Gasteiger partial charge in [-0.15, -0.1) is 0 Å². The molecule has 0 aliphatic rings. The fraction of sp³-hybridized carbons (Fsp3) is 0.167. The van der Waals surface area contributed by atoms with Crippen molar-refractivity contribution in [1.29, 1.82) is 0 Å². The van der Waals surface area contributed by atoms with E-state index in [0.29, 0.717) is 28.6 Å². The molecule has 0 saturated carbocycles. The molecule has 4 rings (SSSR count). The zero-order chi connectivity index (χ0) is 21.1. The largest absolute Gasteiger partial charge is 0.489 e. The first-order valence-electron chi connectivity index (χ1n) is 9.60. The van der Waals surface area contributed by atoms with E-state index in [2.05, 4.69) is 16.5 Å². The number of anilines is 1. The predicted octanol–water partition coefficient (Wildman–Crippen LogP) is 5.86. The van der Waals surface area contributed by atoms with Crippen LogP contribution >= 0.6 is 11.6 Å². The molecule has 152 valence electrons. The maximum absolute atomic E-state index is 12.5. The van der Waals surface area contributed by atoms with Gasteiger partial charge in [0.1, 0.15) is 18.1 Å². The molecule has 0 bridgehead atoms. The van der Waals surface area contributed by atoms with Gasteiger partial charge in [0.15, 0.2) is 5.58 Å². The lowest BCUT2D eigenvalue weighted by atomic mass is 10.0. The van der Waals surface area contributed by atoms with Crippen LogP contribution in [0.4, 0.5) is 5.69 Å². The summed E-state index contributed by atoms with van der Waals surface area (Å²) in [5, 5.41) is 8.58. The Morgan fingerprint density at radius 1 is 1.07 bits per heavy atom. The van der Waals surface area contributed by atoms with Crippen LogP contribution in [0, 0.1) is 13.8 Å². The number of aryl methyl sites for hydroxylation is 2. The Bertz CT molecular complexity index is 1180. The number of fused-ring (bicyclic) bond motifs is 1. The molecular weight excluding hydrogens is 400 g/mol. The number of benzene rings is 3. The summed E-state index contributed by atoms with van der Waals surface area (Å²) in [7, 11) is 0. The summed E-state index contributed by atoms with van der Waals surface area (Å²) < 4.78 is 11.2. The number of hydrogen-bond donors (Lipinski definition) is 1. The Morgan fingerprint density at radius 3 is 2.53 bits per heavy atom. The second kappa shape index (κ2) is 8.59. The lowest BCUT2D eigenvalue weighted by Gasteiger charge is -2.08. The highest BCUT2D eigenvalue weighted by Gasteiger charge is 2.15. The van der Waals surface area contributed by atoms with Crippen molar-refractivity contribution in [3.8, 4) is 5.75 Å². The highest BCUT2D eigenvalue weighted by molar-refractivity contribution is 6.30. The Hall–Kier alpha value is -3.31. The van der Waals surface area contributed by atoms with Gasteiger partial charge in [-0.2, -0.15) is 0 Å². The van der Waals surface area contributed by atoms with E-state index in [0.717, 1.165) is 27.8 Å². The number of aromatic nitrogens is 1. The van der Waals surface area contributed by atoms with Crippen LogP contribution in [-0.4, -0.2) is 11.1 Å². The van der Waals surface area contributed by atoms with Crippen molar-refractivity contribution in [2.24, 2.45) is 0 Å². The summed E-state index contributed by atoms with van der Waals surface area (Å²) in [5.74, 6) is 0.566. The molecule has 0 aliphatic heterocycles. The standard InChI is InChI=1S/C24H21ClN2O3/c1-15-11-16(2)24-21(27-30-22(24)12-15)13-23(28)26-19-7-9-20(10-8-19)29-14-17-3-5-18(25)6-4-17/h3-12H,13-14H2,1-2H3,(H,26,28). The normalized spacial score (nSPS) is 10.9. The van der Waals surface area contributed by atoms with E-state index in [1.165, 1.54) is 0 Å². The Morgan fingerprint density at radius 2 is 1.80 bits per heavy atom. The van der Waals surface area contributed by atoms with Gasteiger partial charge in [0.05, 0.1) is 6.42 Å². The molecule has 0 spiro atoms. The van der Waals surface area contributed by atoms with E-state index < -0.39 is 0 Å². The summed E-state index contributed by atoms with van der Waals surface area (Å²) >= 11 is 5.89. The van der Waals surface area contributed by atoms with Gasteiger partial charge < -0.3 is 14.6 Å². The number of nitrogens with zero attached hydrogens (tertiary/aromatic N) is 1. The number of carbonyl (C=O) groups excluding carboxylic acids is 1. The fourth-order valence-corrected chi connectivity index (χ4v) is 3.51. The van der Waals surface area contributed by atoms with Gasteiger partial charge in [0.2, 0.25) is 5.91 Å². The van der Waals surface area contributed by atoms with Crippen molar-refractivity contribution in [2.45, 2.75) is 26.9 Å². The van der Waals surface area contributed by atoms with Crippen LogP contribution in [-0.2, 0) is 17.8 Å². The van der Waals surface area contributed by atoms with Crippen molar-refractivity contribution < 1.29 is 14.1 Å². The Labute approximate surface area is 179 Å². The second-order valence-electron chi connectivity index (χ2n) is 7.25.